The Bertz CT molecular complexity index is 1110. The van der Waals surface area contributed by atoms with Crippen molar-refractivity contribution in [1.29, 1.82) is 5.26 Å². The molecule has 0 unspecified atom stereocenters. The number of carbonyl (C=O) groups is 2. The number of nitrogens with zero attached hydrogens (tertiary/aromatic N) is 2. The third-order valence-electron chi connectivity index (χ3n) is 3.92. The van der Waals surface area contributed by atoms with Gasteiger partial charge in [-0.2, -0.15) is 5.26 Å². The molecule has 0 aliphatic rings. The molecule has 148 valence electrons. The predicted octanol–water partition coefficient (Wildman–Crippen LogP) is 3.84. The quantitative estimate of drug-likeness (QED) is 0.649. The molecular weight excluding hydrogens is 386 g/mol. The van der Waals surface area contributed by atoms with E-state index in [9.17, 15) is 9.59 Å². The zero-order valence-electron chi connectivity index (χ0n) is 16.5. The minimum atomic E-state index is -0.584. The van der Waals surface area contributed by atoms with Gasteiger partial charge in [0, 0.05) is 0 Å². The van der Waals surface area contributed by atoms with E-state index in [1.165, 1.54) is 11.3 Å². The first-order chi connectivity index (χ1) is 13.7. The van der Waals surface area contributed by atoms with E-state index in [-0.39, 0.29) is 18.9 Å². The Hall–Kier alpha value is -3.24. The van der Waals surface area contributed by atoms with Crippen molar-refractivity contribution in [3.8, 4) is 17.2 Å². The molecule has 0 saturated heterocycles. The van der Waals surface area contributed by atoms with Crippen LogP contribution in [0.2, 0.25) is 0 Å². The lowest BCUT2D eigenvalue weighted by atomic mass is 10.0. The van der Waals surface area contributed by atoms with Crippen LogP contribution in [-0.4, -0.2) is 29.0 Å². The van der Waals surface area contributed by atoms with Gasteiger partial charge in [-0.3, -0.25) is 9.59 Å². The third kappa shape index (κ3) is 5.62. The van der Waals surface area contributed by atoms with Gasteiger partial charge in [-0.15, -0.1) is 11.3 Å². The number of esters is 1. The molecule has 2 aromatic carbocycles. The first-order valence-corrected chi connectivity index (χ1v) is 9.94. The number of hydrogen-bond donors (Lipinski definition) is 1. The average molecular weight is 407 g/mol. The van der Waals surface area contributed by atoms with Crippen molar-refractivity contribution >= 4 is 33.4 Å². The summed E-state index contributed by atoms with van der Waals surface area (Å²) in [6, 6.07) is 15.4. The number of ether oxygens (including phenoxy) is 1. The lowest BCUT2D eigenvalue weighted by Crippen LogP contribution is -2.35. The van der Waals surface area contributed by atoms with E-state index < -0.39 is 11.6 Å². The summed E-state index contributed by atoms with van der Waals surface area (Å²) in [4.78, 5) is 28.3. The molecule has 0 bridgehead atoms. The fourth-order valence-corrected chi connectivity index (χ4v) is 3.75. The van der Waals surface area contributed by atoms with E-state index in [1.54, 1.807) is 26.8 Å². The van der Waals surface area contributed by atoms with E-state index in [0.29, 0.717) is 10.6 Å². The predicted molar refractivity (Wildman–Crippen MR) is 112 cm³/mol. The van der Waals surface area contributed by atoms with Gasteiger partial charge < -0.3 is 10.1 Å². The van der Waals surface area contributed by atoms with Crippen LogP contribution >= 0.6 is 11.3 Å². The third-order valence-corrected chi connectivity index (χ3v) is 4.94. The summed E-state index contributed by atoms with van der Waals surface area (Å²) < 4.78 is 6.13. The molecule has 6 nitrogen and oxygen atoms in total. The maximum atomic E-state index is 12.1. The number of carbonyl (C=O) groups excluding carboxylic acids is 2. The van der Waals surface area contributed by atoms with Crippen molar-refractivity contribution in [2.45, 2.75) is 32.8 Å². The molecule has 0 aliphatic heterocycles. The first-order valence-electron chi connectivity index (χ1n) is 9.12. The number of benzene rings is 2. The average Bonchev–Trinajstić information content (AvgIpc) is 3.06. The van der Waals surface area contributed by atoms with E-state index in [2.05, 4.69) is 16.4 Å². The van der Waals surface area contributed by atoms with Crippen molar-refractivity contribution in [2.75, 3.05) is 6.54 Å². The highest BCUT2D eigenvalue weighted by atomic mass is 32.1. The summed E-state index contributed by atoms with van der Waals surface area (Å²) in [6.45, 7) is 5.16. The standard InChI is InChI=1S/C22H21N3O3S/c1-22(2,3)28-21(27)13-24-19(26)11-20-25-17-8-7-16(10-18(17)29-20)15-6-4-5-14(9-15)12-23/h4-10H,11,13H2,1-3H3,(H,24,26). The molecule has 3 aromatic rings. The van der Waals surface area contributed by atoms with Crippen molar-refractivity contribution in [2.24, 2.45) is 0 Å². The molecule has 0 atom stereocenters. The van der Waals surface area contributed by atoms with Crippen LogP contribution in [0.5, 0.6) is 0 Å². The van der Waals surface area contributed by atoms with Crippen LogP contribution in [-0.2, 0) is 20.7 Å². The molecule has 1 N–H and O–H groups in total. The summed E-state index contributed by atoms with van der Waals surface area (Å²) in [5.74, 6) is -0.753. The Morgan fingerprint density at radius 3 is 2.66 bits per heavy atom. The summed E-state index contributed by atoms with van der Waals surface area (Å²) in [6.07, 6.45) is 0.0986. The Balaban J connectivity index is 1.68. The molecule has 0 fully saturated rings. The largest absolute Gasteiger partial charge is 0.459 e. The second-order valence-electron chi connectivity index (χ2n) is 7.52. The second kappa shape index (κ2) is 8.41. The minimum absolute atomic E-state index is 0.0986. The summed E-state index contributed by atoms with van der Waals surface area (Å²) >= 11 is 1.44. The van der Waals surface area contributed by atoms with Crippen LogP contribution in [0, 0.1) is 11.3 Å². The molecule has 0 spiro atoms. The first kappa shape index (κ1) is 20.5. The summed E-state index contributed by atoms with van der Waals surface area (Å²) in [5.41, 5.74) is 2.77. The molecule has 0 radical (unpaired) electrons. The number of fused-ring (bicyclic) bond motifs is 1. The van der Waals surface area contributed by atoms with Crippen LogP contribution in [0.3, 0.4) is 0 Å². The van der Waals surface area contributed by atoms with E-state index in [1.807, 2.05) is 36.4 Å². The minimum Gasteiger partial charge on any atom is -0.459 e. The van der Waals surface area contributed by atoms with Gasteiger partial charge in [0.1, 0.15) is 17.2 Å². The Morgan fingerprint density at radius 2 is 1.93 bits per heavy atom. The molecule has 0 saturated carbocycles. The van der Waals surface area contributed by atoms with Gasteiger partial charge in [-0.25, -0.2) is 4.98 Å². The van der Waals surface area contributed by atoms with Crippen molar-refractivity contribution in [1.82, 2.24) is 10.3 Å². The Morgan fingerprint density at radius 1 is 1.17 bits per heavy atom. The van der Waals surface area contributed by atoms with Gasteiger partial charge in [0.25, 0.3) is 0 Å². The summed E-state index contributed by atoms with van der Waals surface area (Å²) in [5, 5.41) is 12.3. The van der Waals surface area contributed by atoms with Crippen molar-refractivity contribution in [3.05, 3.63) is 53.0 Å². The highest BCUT2D eigenvalue weighted by Gasteiger charge is 2.17. The SMILES string of the molecule is CC(C)(C)OC(=O)CNC(=O)Cc1nc2ccc(-c3cccc(C#N)c3)cc2s1. The molecule has 3 rings (SSSR count). The lowest BCUT2D eigenvalue weighted by molar-refractivity contribution is -0.154. The van der Waals surface area contributed by atoms with E-state index in [0.717, 1.165) is 21.3 Å². The smallest absolute Gasteiger partial charge is 0.325 e. The maximum absolute atomic E-state index is 12.1. The number of hydrogen-bond acceptors (Lipinski definition) is 6. The summed E-state index contributed by atoms with van der Waals surface area (Å²) in [7, 11) is 0. The van der Waals surface area contributed by atoms with Crippen LogP contribution in [0.4, 0.5) is 0 Å². The monoisotopic (exact) mass is 407 g/mol. The molecule has 1 aromatic heterocycles. The zero-order valence-corrected chi connectivity index (χ0v) is 17.3. The number of aromatic nitrogens is 1. The lowest BCUT2D eigenvalue weighted by Gasteiger charge is -2.19. The zero-order chi connectivity index (χ0) is 21.0. The van der Waals surface area contributed by atoms with Gasteiger partial charge in [0.15, 0.2) is 0 Å². The molecule has 7 heteroatoms. The highest BCUT2D eigenvalue weighted by Crippen LogP contribution is 2.29. The maximum Gasteiger partial charge on any atom is 0.325 e. The normalized spacial score (nSPS) is 11.1. The van der Waals surface area contributed by atoms with Crippen LogP contribution in [0.15, 0.2) is 42.5 Å². The van der Waals surface area contributed by atoms with Gasteiger partial charge in [-0.05, 0) is 56.2 Å². The molecule has 0 aliphatic carbocycles. The molecule has 1 amide bonds. The van der Waals surface area contributed by atoms with E-state index in [4.69, 9.17) is 10.00 Å². The van der Waals surface area contributed by atoms with Gasteiger partial charge >= 0.3 is 5.97 Å². The Kier molecular flexibility index (Phi) is 5.95. The van der Waals surface area contributed by atoms with Crippen LogP contribution in [0.1, 0.15) is 31.3 Å². The van der Waals surface area contributed by atoms with Crippen molar-refractivity contribution in [3.63, 3.8) is 0 Å². The number of nitrogens with one attached hydrogen (secondary N) is 1. The van der Waals surface area contributed by atoms with E-state index >= 15 is 0 Å². The second-order valence-corrected chi connectivity index (χ2v) is 8.64. The molecule has 29 heavy (non-hydrogen) atoms. The highest BCUT2D eigenvalue weighted by molar-refractivity contribution is 7.18. The number of rotatable bonds is 5. The van der Waals surface area contributed by atoms with Gasteiger partial charge in [0.2, 0.25) is 5.91 Å². The number of nitriles is 1. The van der Waals surface area contributed by atoms with Crippen molar-refractivity contribution < 1.29 is 14.3 Å². The fourth-order valence-electron chi connectivity index (χ4n) is 2.74. The van der Waals surface area contributed by atoms with Crippen LogP contribution in [0.25, 0.3) is 21.3 Å². The number of amides is 1. The molecular formula is C22H21N3O3S. The fraction of sp³-hybridized carbons (Fsp3) is 0.273. The van der Waals surface area contributed by atoms with Gasteiger partial charge in [-0.1, -0.05) is 18.2 Å². The number of thiazole rings is 1. The van der Waals surface area contributed by atoms with Crippen LogP contribution < -0.4 is 5.32 Å². The van der Waals surface area contributed by atoms with Gasteiger partial charge in [0.05, 0.1) is 28.3 Å². The molecule has 1 heterocycles. The topological polar surface area (TPSA) is 92.1 Å². The Labute approximate surface area is 173 Å².